The molecule has 0 atom stereocenters. The van der Waals surface area contributed by atoms with Crippen LogP contribution in [-0.4, -0.2) is 46.1 Å². The number of hydrogen-bond acceptors (Lipinski definition) is 5. The Kier molecular flexibility index (Phi) is 6.42. The number of hydrogen-bond donors (Lipinski definition) is 2. The van der Waals surface area contributed by atoms with E-state index in [4.69, 9.17) is 9.15 Å². The number of amides is 3. The predicted molar refractivity (Wildman–Crippen MR) is 114 cm³/mol. The molecule has 1 aliphatic rings. The highest BCUT2D eigenvalue weighted by atomic mass is 16.6. The molecule has 9 heteroatoms. The predicted octanol–water partition coefficient (Wildman–Crippen LogP) is 3.34. The Bertz CT molecular complexity index is 961. The molecule has 0 spiro atoms. The summed E-state index contributed by atoms with van der Waals surface area (Å²) in [4.78, 5) is 38.9. The van der Waals surface area contributed by atoms with Crippen molar-refractivity contribution >= 4 is 17.9 Å². The van der Waals surface area contributed by atoms with E-state index in [1.54, 1.807) is 36.9 Å². The van der Waals surface area contributed by atoms with E-state index in [1.807, 2.05) is 31.5 Å². The standard InChI is InChI=1S/C22H30N4O5/c1-14-13-17(15(2)30-14)19(27)23-24-20(28)18-7-6-10-26(18)16-8-11-25(12-9-16)21(29)31-22(3,4)5/h6-7,10,13,16H,8-9,11-12H2,1-5H3,(H,23,27)(H,24,28). The van der Waals surface area contributed by atoms with Gasteiger partial charge in [-0.25, -0.2) is 4.79 Å². The SMILES string of the molecule is Cc1cc(C(=O)NNC(=O)c2cccn2C2CCN(C(=O)OC(C)(C)C)CC2)c(C)o1. The molecule has 31 heavy (non-hydrogen) atoms. The highest BCUT2D eigenvalue weighted by Gasteiger charge is 2.29. The summed E-state index contributed by atoms with van der Waals surface area (Å²) in [5, 5.41) is 0. The molecule has 9 nitrogen and oxygen atoms in total. The first-order chi connectivity index (χ1) is 14.5. The molecule has 1 saturated heterocycles. The summed E-state index contributed by atoms with van der Waals surface area (Å²) in [6, 6.07) is 5.19. The van der Waals surface area contributed by atoms with Gasteiger partial charge in [-0.2, -0.15) is 0 Å². The number of piperidine rings is 1. The summed E-state index contributed by atoms with van der Waals surface area (Å²) in [6.45, 7) is 10.1. The minimum atomic E-state index is -0.530. The van der Waals surface area contributed by atoms with Crippen molar-refractivity contribution in [1.29, 1.82) is 0 Å². The minimum Gasteiger partial charge on any atom is -0.466 e. The average Bonchev–Trinajstić information content (AvgIpc) is 3.31. The monoisotopic (exact) mass is 430 g/mol. The third-order valence-electron chi connectivity index (χ3n) is 5.10. The molecule has 168 valence electrons. The Morgan fingerprint density at radius 1 is 1.10 bits per heavy atom. The summed E-state index contributed by atoms with van der Waals surface area (Å²) >= 11 is 0. The van der Waals surface area contributed by atoms with E-state index in [1.165, 1.54) is 0 Å². The summed E-state index contributed by atoms with van der Waals surface area (Å²) < 4.78 is 12.7. The maximum Gasteiger partial charge on any atom is 0.410 e. The smallest absolute Gasteiger partial charge is 0.410 e. The lowest BCUT2D eigenvalue weighted by atomic mass is 10.0. The second-order valence-electron chi connectivity index (χ2n) is 8.73. The van der Waals surface area contributed by atoms with Gasteiger partial charge in [0.05, 0.1) is 5.56 Å². The van der Waals surface area contributed by atoms with E-state index in [9.17, 15) is 14.4 Å². The number of aromatic nitrogens is 1. The van der Waals surface area contributed by atoms with Gasteiger partial charge in [-0.15, -0.1) is 0 Å². The van der Waals surface area contributed by atoms with E-state index >= 15 is 0 Å². The largest absolute Gasteiger partial charge is 0.466 e. The lowest BCUT2D eigenvalue weighted by Crippen LogP contribution is -2.44. The van der Waals surface area contributed by atoms with E-state index < -0.39 is 17.4 Å². The van der Waals surface area contributed by atoms with Crippen LogP contribution in [0.4, 0.5) is 4.79 Å². The van der Waals surface area contributed by atoms with Gasteiger partial charge in [0.1, 0.15) is 22.8 Å². The number of aryl methyl sites for hydroxylation is 2. The molecule has 1 aliphatic heterocycles. The first-order valence-electron chi connectivity index (χ1n) is 10.4. The number of hydrazine groups is 1. The molecule has 0 unspecified atom stereocenters. The number of ether oxygens (including phenoxy) is 1. The lowest BCUT2D eigenvalue weighted by Gasteiger charge is -2.34. The van der Waals surface area contributed by atoms with Crippen molar-refractivity contribution in [3.05, 3.63) is 47.2 Å². The van der Waals surface area contributed by atoms with Crippen LogP contribution in [-0.2, 0) is 4.74 Å². The molecular weight excluding hydrogens is 400 g/mol. The number of carbonyl (C=O) groups is 3. The van der Waals surface area contributed by atoms with Gasteiger partial charge in [-0.05, 0) is 65.7 Å². The Morgan fingerprint density at radius 2 is 1.74 bits per heavy atom. The van der Waals surface area contributed by atoms with Gasteiger partial charge in [-0.1, -0.05) is 0 Å². The van der Waals surface area contributed by atoms with Crippen LogP contribution in [0.3, 0.4) is 0 Å². The molecule has 0 aromatic carbocycles. The first-order valence-corrected chi connectivity index (χ1v) is 10.4. The van der Waals surface area contributed by atoms with Gasteiger partial charge in [0, 0.05) is 25.3 Å². The zero-order chi connectivity index (χ0) is 22.8. The van der Waals surface area contributed by atoms with Crippen LogP contribution in [0.1, 0.15) is 72.0 Å². The van der Waals surface area contributed by atoms with Gasteiger partial charge in [0.2, 0.25) is 0 Å². The Labute approximate surface area is 181 Å². The third-order valence-corrected chi connectivity index (χ3v) is 5.10. The quantitative estimate of drug-likeness (QED) is 0.727. The number of nitrogens with one attached hydrogen (secondary N) is 2. The number of rotatable bonds is 3. The van der Waals surface area contributed by atoms with Crippen LogP contribution in [0.5, 0.6) is 0 Å². The Hall–Kier alpha value is -3.23. The molecule has 2 aromatic heterocycles. The van der Waals surface area contributed by atoms with Crippen molar-refractivity contribution in [3.63, 3.8) is 0 Å². The number of likely N-dealkylation sites (tertiary alicyclic amines) is 1. The van der Waals surface area contributed by atoms with Crippen LogP contribution >= 0.6 is 0 Å². The maximum atomic E-state index is 12.7. The van der Waals surface area contributed by atoms with E-state index in [-0.39, 0.29) is 12.1 Å². The van der Waals surface area contributed by atoms with Crippen LogP contribution in [0, 0.1) is 13.8 Å². The van der Waals surface area contributed by atoms with Crippen LogP contribution in [0.25, 0.3) is 0 Å². The fourth-order valence-electron chi connectivity index (χ4n) is 3.66. The van der Waals surface area contributed by atoms with Gasteiger partial charge in [-0.3, -0.25) is 20.4 Å². The van der Waals surface area contributed by atoms with Gasteiger partial charge in [0.25, 0.3) is 11.8 Å². The molecule has 2 N–H and O–H groups in total. The van der Waals surface area contributed by atoms with E-state index in [0.29, 0.717) is 48.7 Å². The third kappa shape index (κ3) is 5.48. The molecule has 3 amide bonds. The average molecular weight is 431 g/mol. The van der Waals surface area contributed by atoms with Crippen molar-refractivity contribution in [2.75, 3.05) is 13.1 Å². The second kappa shape index (κ2) is 8.87. The topological polar surface area (TPSA) is 106 Å². The molecule has 1 fully saturated rings. The van der Waals surface area contributed by atoms with Gasteiger partial charge in [0.15, 0.2) is 0 Å². The Morgan fingerprint density at radius 3 is 2.32 bits per heavy atom. The van der Waals surface area contributed by atoms with Crippen LogP contribution in [0.2, 0.25) is 0 Å². The van der Waals surface area contributed by atoms with Crippen molar-refractivity contribution < 1.29 is 23.5 Å². The number of furan rings is 1. The summed E-state index contributed by atoms with van der Waals surface area (Å²) in [6.07, 6.45) is 2.93. The molecule has 0 aliphatic carbocycles. The summed E-state index contributed by atoms with van der Waals surface area (Å²) in [5.41, 5.74) is 5.19. The maximum absolute atomic E-state index is 12.7. The van der Waals surface area contributed by atoms with E-state index in [2.05, 4.69) is 10.9 Å². The first kappa shape index (κ1) is 22.5. The van der Waals surface area contributed by atoms with Crippen molar-refractivity contribution in [3.8, 4) is 0 Å². The van der Waals surface area contributed by atoms with E-state index in [0.717, 1.165) is 0 Å². The van der Waals surface area contributed by atoms with Gasteiger partial charge < -0.3 is 18.6 Å². The molecule has 3 rings (SSSR count). The zero-order valence-corrected chi connectivity index (χ0v) is 18.7. The second-order valence-corrected chi connectivity index (χ2v) is 8.73. The van der Waals surface area contributed by atoms with Crippen LogP contribution < -0.4 is 10.9 Å². The minimum absolute atomic E-state index is 0.0731. The Balaban J connectivity index is 1.57. The fourth-order valence-corrected chi connectivity index (χ4v) is 3.66. The van der Waals surface area contributed by atoms with Crippen molar-refractivity contribution in [1.82, 2.24) is 20.3 Å². The molecular formula is C22H30N4O5. The molecule has 2 aromatic rings. The molecule has 0 bridgehead atoms. The molecule has 3 heterocycles. The molecule has 0 saturated carbocycles. The fraction of sp³-hybridized carbons (Fsp3) is 0.500. The normalized spacial score (nSPS) is 14.9. The van der Waals surface area contributed by atoms with Crippen molar-refractivity contribution in [2.45, 2.75) is 59.1 Å². The zero-order valence-electron chi connectivity index (χ0n) is 18.7. The number of nitrogens with zero attached hydrogens (tertiary/aromatic N) is 2. The van der Waals surface area contributed by atoms with Crippen LogP contribution in [0.15, 0.2) is 28.8 Å². The summed E-state index contributed by atoms with van der Waals surface area (Å²) in [5.74, 6) is 0.266. The molecule has 0 radical (unpaired) electrons. The number of carbonyl (C=O) groups excluding carboxylic acids is 3. The summed E-state index contributed by atoms with van der Waals surface area (Å²) in [7, 11) is 0. The lowest BCUT2D eigenvalue weighted by molar-refractivity contribution is 0.0187. The van der Waals surface area contributed by atoms with Gasteiger partial charge >= 0.3 is 6.09 Å². The highest BCUT2D eigenvalue weighted by molar-refractivity contribution is 5.99. The van der Waals surface area contributed by atoms with Crippen molar-refractivity contribution in [2.24, 2.45) is 0 Å². The highest BCUT2D eigenvalue weighted by Crippen LogP contribution is 2.25.